The molecule has 0 bridgehead atoms. The lowest BCUT2D eigenvalue weighted by Crippen LogP contribution is -2.04. The van der Waals surface area contributed by atoms with Gasteiger partial charge in [-0.05, 0) is 55.4 Å². The van der Waals surface area contributed by atoms with E-state index in [0.717, 1.165) is 29.0 Å². The average molecular weight is 466 g/mol. The van der Waals surface area contributed by atoms with Gasteiger partial charge in [0.1, 0.15) is 10.8 Å². The number of fused-ring (bicyclic) bond motifs is 1. The molecule has 0 atom stereocenters. The number of unbranched alkanes of at least 4 members (excludes halogenated alkanes) is 2. The van der Waals surface area contributed by atoms with E-state index >= 15 is 0 Å². The van der Waals surface area contributed by atoms with Crippen molar-refractivity contribution in [1.82, 2.24) is 4.57 Å². The molecule has 1 aliphatic heterocycles. The molecule has 4 rings (SSSR count). The van der Waals surface area contributed by atoms with E-state index in [1.807, 2.05) is 18.2 Å². The van der Waals surface area contributed by atoms with Crippen LogP contribution in [0.15, 0.2) is 33.7 Å². The lowest BCUT2D eigenvalue weighted by molar-refractivity contribution is -0.137. The summed E-state index contributed by atoms with van der Waals surface area (Å²) in [6.07, 6.45) is 7.43. The monoisotopic (exact) mass is 465 g/mol. The van der Waals surface area contributed by atoms with Crippen LogP contribution in [-0.2, 0) is 11.3 Å². The summed E-state index contributed by atoms with van der Waals surface area (Å²) >= 11 is 6.66. The molecule has 0 radical (unpaired) electrons. The number of furan rings is 1. The van der Waals surface area contributed by atoms with Crippen molar-refractivity contribution in [1.29, 1.82) is 5.26 Å². The number of hydrogen-bond donors (Lipinski definition) is 2. The zero-order chi connectivity index (χ0) is 22.7. The Bertz CT molecular complexity index is 1540. The van der Waals surface area contributed by atoms with Gasteiger partial charge in [0.15, 0.2) is 3.95 Å². The number of thiazole rings is 1. The number of rotatable bonds is 7. The molecule has 32 heavy (non-hydrogen) atoms. The van der Waals surface area contributed by atoms with Crippen molar-refractivity contribution in [2.24, 2.45) is 4.99 Å². The minimum atomic E-state index is -0.801. The highest BCUT2D eigenvalue weighted by molar-refractivity contribution is 7.73. The van der Waals surface area contributed by atoms with Crippen molar-refractivity contribution in [3.05, 3.63) is 59.9 Å². The fraction of sp³-hybridized carbons (Fsp3) is 0.217. The molecule has 7 nitrogen and oxygen atoms in total. The van der Waals surface area contributed by atoms with Crippen LogP contribution in [0.3, 0.4) is 0 Å². The van der Waals surface area contributed by atoms with Crippen LogP contribution < -0.4 is 10.6 Å². The summed E-state index contributed by atoms with van der Waals surface area (Å²) < 4.78 is 8.15. The Kier molecular flexibility index (Phi) is 6.35. The van der Waals surface area contributed by atoms with E-state index in [4.69, 9.17) is 21.7 Å². The highest BCUT2D eigenvalue weighted by Gasteiger charge is 2.10. The zero-order valence-electron chi connectivity index (χ0n) is 16.9. The minimum absolute atomic E-state index is 0.0744. The van der Waals surface area contributed by atoms with Crippen molar-refractivity contribution in [2.75, 3.05) is 0 Å². The topological polar surface area (TPSA) is 112 Å². The van der Waals surface area contributed by atoms with Gasteiger partial charge in [0.2, 0.25) is 5.88 Å². The Hall–Kier alpha value is -3.48. The SMILES string of the molecule is N#Cc1c/c(=c2\cc/c(=C\c3sc(=S)n(CCCCCC(=O)O)c3O)o2)cc2c1=CC=N2. The number of aliphatic carboxylic acids is 1. The van der Waals surface area contributed by atoms with Gasteiger partial charge in [0.25, 0.3) is 0 Å². The van der Waals surface area contributed by atoms with Gasteiger partial charge in [0.05, 0.1) is 22.2 Å². The zero-order valence-corrected chi connectivity index (χ0v) is 18.6. The van der Waals surface area contributed by atoms with E-state index in [2.05, 4.69) is 11.1 Å². The molecule has 0 saturated carbocycles. The van der Waals surface area contributed by atoms with Crippen molar-refractivity contribution < 1.29 is 19.4 Å². The molecule has 1 aliphatic rings. The van der Waals surface area contributed by atoms with Crippen LogP contribution in [0, 0.1) is 25.9 Å². The maximum atomic E-state index is 10.6. The Morgan fingerprint density at radius 1 is 1.31 bits per heavy atom. The number of carbonyl (C=O) groups is 1. The molecule has 3 heterocycles. The van der Waals surface area contributed by atoms with Crippen LogP contribution in [0.4, 0.5) is 5.69 Å². The Labute approximate surface area is 191 Å². The third-order valence-corrected chi connectivity index (χ3v) is 6.47. The van der Waals surface area contributed by atoms with Crippen molar-refractivity contribution in [2.45, 2.75) is 32.2 Å². The van der Waals surface area contributed by atoms with Gasteiger partial charge >= 0.3 is 5.97 Å². The van der Waals surface area contributed by atoms with E-state index in [0.29, 0.717) is 38.2 Å². The van der Waals surface area contributed by atoms with Gasteiger partial charge in [-0.2, -0.15) is 5.26 Å². The van der Waals surface area contributed by atoms with Crippen molar-refractivity contribution in [3.63, 3.8) is 0 Å². The summed E-state index contributed by atoms with van der Waals surface area (Å²) in [4.78, 5) is 15.5. The van der Waals surface area contributed by atoms with E-state index in [1.54, 1.807) is 29.0 Å². The number of aliphatic imine (C=N–C) groups is 1. The first-order valence-corrected chi connectivity index (χ1v) is 11.2. The van der Waals surface area contributed by atoms with Crippen LogP contribution >= 0.6 is 23.6 Å². The number of aromatic nitrogens is 1. The smallest absolute Gasteiger partial charge is 0.303 e. The predicted molar refractivity (Wildman–Crippen MR) is 124 cm³/mol. The molecule has 2 aromatic heterocycles. The standard InChI is InChI=1S/C23H19N3O4S2/c24-13-15-10-14(11-18-17(15)7-8-25-18)19-6-5-16(30-19)12-20-22(29)26(23(31)32-20)9-3-1-2-4-21(27)28/h5-8,10-12,29H,1-4,9H2,(H,27,28)/b16-12+,19-14-. The third-order valence-electron chi connectivity index (χ3n) is 5.08. The van der Waals surface area contributed by atoms with Gasteiger partial charge in [-0.3, -0.25) is 14.4 Å². The molecule has 0 spiro atoms. The first-order chi connectivity index (χ1) is 15.5. The maximum absolute atomic E-state index is 10.6. The molecule has 1 aromatic carbocycles. The molecular weight excluding hydrogens is 446 g/mol. The molecule has 0 saturated heterocycles. The molecule has 0 amide bonds. The van der Waals surface area contributed by atoms with Crippen molar-refractivity contribution >= 4 is 53.6 Å². The Morgan fingerprint density at radius 2 is 2.16 bits per heavy atom. The fourth-order valence-corrected chi connectivity index (χ4v) is 4.79. The van der Waals surface area contributed by atoms with Crippen LogP contribution in [0.5, 0.6) is 5.88 Å². The van der Waals surface area contributed by atoms with E-state index in [9.17, 15) is 15.2 Å². The van der Waals surface area contributed by atoms with E-state index in [-0.39, 0.29) is 12.3 Å². The average Bonchev–Trinajstić information content (AvgIpc) is 3.48. The second-order valence-electron chi connectivity index (χ2n) is 7.27. The highest BCUT2D eigenvalue weighted by Crippen LogP contribution is 2.27. The first-order valence-electron chi connectivity index (χ1n) is 10.0. The van der Waals surface area contributed by atoms with Gasteiger partial charge in [-0.15, -0.1) is 11.3 Å². The van der Waals surface area contributed by atoms with E-state index in [1.165, 1.54) is 11.3 Å². The molecule has 0 unspecified atom stereocenters. The molecule has 9 heteroatoms. The number of carboxylic acids is 1. The van der Waals surface area contributed by atoms with Crippen LogP contribution in [0.2, 0.25) is 0 Å². The number of nitriles is 1. The largest absolute Gasteiger partial charge is 0.493 e. The Morgan fingerprint density at radius 3 is 2.94 bits per heavy atom. The number of carboxylic acid groups (broad SMARTS) is 1. The van der Waals surface area contributed by atoms with Crippen LogP contribution in [0.1, 0.15) is 36.1 Å². The Balaban J connectivity index is 1.63. The summed E-state index contributed by atoms with van der Waals surface area (Å²) in [7, 11) is 0. The van der Waals surface area contributed by atoms with Crippen molar-refractivity contribution in [3.8, 4) is 11.9 Å². The molecular formula is C23H19N3O4S2. The second kappa shape index (κ2) is 9.34. The van der Waals surface area contributed by atoms with E-state index < -0.39 is 5.97 Å². The summed E-state index contributed by atoms with van der Waals surface area (Å²) in [5.74, 6) is -0.727. The van der Waals surface area contributed by atoms with Gasteiger partial charge in [0, 0.05) is 35.7 Å². The minimum Gasteiger partial charge on any atom is -0.493 e. The predicted octanol–water partition coefficient (Wildman–Crippen LogP) is 3.71. The normalized spacial score (nSPS) is 13.7. The second-order valence-corrected chi connectivity index (χ2v) is 8.95. The summed E-state index contributed by atoms with van der Waals surface area (Å²) in [5, 5.41) is 30.3. The first kappa shape index (κ1) is 21.7. The molecule has 2 N–H and O–H groups in total. The number of aromatic hydroxyl groups is 1. The maximum Gasteiger partial charge on any atom is 0.303 e. The van der Waals surface area contributed by atoms with Gasteiger partial charge in [-0.1, -0.05) is 6.42 Å². The van der Waals surface area contributed by atoms with Crippen LogP contribution in [-0.4, -0.2) is 27.0 Å². The lowest BCUT2D eigenvalue weighted by Gasteiger charge is -2.04. The molecule has 0 aliphatic carbocycles. The summed E-state index contributed by atoms with van der Waals surface area (Å²) in [5.41, 5.74) is 2.41. The quantitative estimate of drug-likeness (QED) is 0.406. The summed E-state index contributed by atoms with van der Waals surface area (Å²) in [6.45, 7) is 0.529. The molecule has 0 fully saturated rings. The fourth-order valence-electron chi connectivity index (χ4n) is 3.49. The highest BCUT2D eigenvalue weighted by atomic mass is 32.1. The van der Waals surface area contributed by atoms with Gasteiger partial charge < -0.3 is 14.6 Å². The molecule has 162 valence electrons. The number of benzene rings is 1. The number of nitrogens with zero attached hydrogens (tertiary/aromatic N) is 3. The van der Waals surface area contributed by atoms with Crippen LogP contribution in [0.25, 0.3) is 12.2 Å². The lowest BCUT2D eigenvalue weighted by atomic mass is 10.1. The van der Waals surface area contributed by atoms with Gasteiger partial charge in [-0.25, -0.2) is 0 Å². The summed E-state index contributed by atoms with van der Waals surface area (Å²) in [6, 6.07) is 9.45. The number of hydrogen-bond acceptors (Lipinski definition) is 7. The molecule has 3 aromatic rings. The third kappa shape index (κ3) is 4.56.